The fraction of sp³-hybridized carbons (Fsp3) is 1.00. The van der Waals surface area contributed by atoms with Gasteiger partial charge in [-0.2, -0.15) is 0 Å². The van der Waals surface area contributed by atoms with Crippen LogP contribution in [0, 0.1) is 5.92 Å². The smallest absolute Gasteiger partial charge is 0.0614 e. The molecule has 2 unspecified atom stereocenters. The minimum absolute atomic E-state index is 0.0414. The minimum atomic E-state index is 0.0414. The Morgan fingerprint density at radius 2 is 2.00 bits per heavy atom. The van der Waals surface area contributed by atoms with E-state index in [0.717, 1.165) is 18.8 Å². The van der Waals surface area contributed by atoms with Gasteiger partial charge < -0.3 is 15.3 Å². The van der Waals surface area contributed by atoms with Crippen LogP contribution in [0.5, 0.6) is 0 Å². The summed E-state index contributed by atoms with van der Waals surface area (Å²) in [5, 5.41) is 13.5. The summed E-state index contributed by atoms with van der Waals surface area (Å²) in [6.45, 7) is 1.59. The molecular weight excluding hydrogens is 224 g/mol. The third-order valence-corrected chi connectivity index (χ3v) is 5.37. The molecule has 3 aliphatic carbocycles. The molecule has 104 valence electrons. The fourth-order valence-electron chi connectivity index (χ4n) is 3.69. The van der Waals surface area contributed by atoms with Gasteiger partial charge in [0, 0.05) is 24.2 Å². The van der Waals surface area contributed by atoms with Gasteiger partial charge in [-0.25, -0.2) is 0 Å². The van der Waals surface area contributed by atoms with E-state index in [4.69, 9.17) is 0 Å². The predicted octanol–water partition coefficient (Wildman–Crippen LogP) is 1.75. The average molecular weight is 252 g/mol. The van der Waals surface area contributed by atoms with Gasteiger partial charge in [0.2, 0.25) is 0 Å². The third-order valence-electron chi connectivity index (χ3n) is 5.37. The molecule has 0 bridgehead atoms. The molecule has 3 nitrogen and oxygen atoms in total. The molecule has 3 aliphatic rings. The zero-order valence-corrected chi connectivity index (χ0v) is 11.7. The molecule has 0 aromatic rings. The predicted molar refractivity (Wildman–Crippen MR) is 73.6 cm³/mol. The highest BCUT2D eigenvalue weighted by Gasteiger charge is 2.43. The first-order chi connectivity index (χ1) is 8.71. The number of hydrogen-bond acceptors (Lipinski definition) is 3. The Hall–Kier alpha value is -0.120. The van der Waals surface area contributed by atoms with E-state index in [9.17, 15) is 5.11 Å². The lowest BCUT2D eigenvalue weighted by Gasteiger charge is -2.35. The van der Waals surface area contributed by atoms with Crippen LogP contribution in [0.15, 0.2) is 0 Å². The second kappa shape index (κ2) is 5.10. The molecule has 2 N–H and O–H groups in total. The van der Waals surface area contributed by atoms with Gasteiger partial charge in [-0.15, -0.1) is 0 Å². The number of nitrogens with zero attached hydrogens (tertiary/aromatic N) is 1. The number of hydrogen-bond donors (Lipinski definition) is 2. The van der Waals surface area contributed by atoms with E-state index in [-0.39, 0.29) is 5.54 Å². The topological polar surface area (TPSA) is 35.5 Å². The lowest BCUT2D eigenvalue weighted by atomic mass is 9.85. The molecule has 18 heavy (non-hydrogen) atoms. The summed E-state index contributed by atoms with van der Waals surface area (Å²) < 4.78 is 0. The van der Waals surface area contributed by atoms with E-state index >= 15 is 0 Å². The van der Waals surface area contributed by atoms with Crippen LogP contribution < -0.4 is 5.32 Å². The van der Waals surface area contributed by atoms with Crippen LogP contribution in [0.3, 0.4) is 0 Å². The Bertz CT molecular complexity index is 288. The molecular formula is C15H28N2O. The normalized spacial score (nSPS) is 37.2. The molecule has 0 aromatic heterocycles. The van der Waals surface area contributed by atoms with Gasteiger partial charge >= 0.3 is 0 Å². The third kappa shape index (κ3) is 2.73. The van der Waals surface area contributed by atoms with Crippen LogP contribution in [0.2, 0.25) is 0 Å². The van der Waals surface area contributed by atoms with Crippen molar-refractivity contribution in [2.24, 2.45) is 5.92 Å². The molecule has 2 atom stereocenters. The number of rotatable bonds is 6. The zero-order chi connectivity index (χ0) is 12.6. The second-order valence-corrected chi connectivity index (χ2v) is 6.99. The van der Waals surface area contributed by atoms with Crippen LogP contribution in [0.25, 0.3) is 0 Å². The molecule has 3 saturated carbocycles. The first-order valence-electron chi connectivity index (χ1n) is 7.79. The van der Waals surface area contributed by atoms with Crippen LogP contribution >= 0.6 is 0 Å². The summed E-state index contributed by atoms with van der Waals surface area (Å²) in [6.07, 6.45) is 10.5. The SMILES string of the molecule is CN(CC1CCC1)C1CCC(CO)(NC2CC2)C1. The maximum absolute atomic E-state index is 9.75. The Morgan fingerprint density at radius 3 is 2.56 bits per heavy atom. The number of aliphatic hydroxyl groups is 1. The maximum atomic E-state index is 9.75. The van der Waals surface area contributed by atoms with Gasteiger partial charge in [0.15, 0.2) is 0 Å². The summed E-state index contributed by atoms with van der Waals surface area (Å²) in [5.41, 5.74) is 0.0414. The van der Waals surface area contributed by atoms with Crippen molar-refractivity contribution in [3.63, 3.8) is 0 Å². The monoisotopic (exact) mass is 252 g/mol. The van der Waals surface area contributed by atoms with Gasteiger partial charge in [0.1, 0.15) is 0 Å². The van der Waals surface area contributed by atoms with Crippen molar-refractivity contribution in [1.82, 2.24) is 10.2 Å². The Labute approximate surface area is 111 Å². The van der Waals surface area contributed by atoms with Gasteiger partial charge in [-0.05, 0) is 57.9 Å². The summed E-state index contributed by atoms with van der Waals surface area (Å²) >= 11 is 0. The van der Waals surface area contributed by atoms with Gasteiger partial charge in [0.25, 0.3) is 0 Å². The second-order valence-electron chi connectivity index (χ2n) is 6.99. The van der Waals surface area contributed by atoms with E-state index in [1.165, 1.54) is 45.1 Å². The van der Waals surface area contributed by atoms with Crippen LogP contribution in [0.1, 0.15) is 51.4 Å². The summed E-state index contributed by atoms with van der Waals surface area (Å²) in [5.74, 6) is 0.954. The van der Waals surface area contributed by atoms with Crippen molar-refractivity contribution < 1.29 is 5.11 Å². The van der Waals surface area contributed by atoms with E-state index in [0.29, 0.717) is 18.7 Å². The molecule has 0 saturated heterocycles. The van der Waals surface area contributed by atoms with Crippen molar-refractivity contribution in [1.29, 1.82) is 0 Å². The maximum Gasteiger partial charge on any atom is 0.0614 e. The molecule has 3 fully saturated rings. The van der Waals surface area contributed by atoms with E-state index in [1.807, 2.05) is 0 Å². The molecule has 3 heteroatoms. The van der Waals surface area contributed by atoms with Crippen molar-refractivity contribution >= 4 is 0 Å². The molecule has 0 radical (unpaired) electrons. The van der Waals surface area contributed by atoms with E-state index < -0.39 is 0 Å². The Kier molecular flexibility index (Phi) is 3.65. The molecule has 3 rings (SSSR count). The molecule has 0 aromatic carbocycles. The Morgan fingerprint density at radius 1 is 1.22 bits per heavy atom. The first-order valence-corrected chi connectivity index (χ1v) is 7.79. The highest BCUT2D eigenvalue weighted by molar-refractivity contribution is 5.03. The lowest BCUT2D eigenvalue weighted by Crippen LogP contribution is -2.49. The van der Waals surface area contributed by atoms with Crippen LogP contribution in [-0.4, -0.2) is 47.8 Å². The van der Waals surface area contributed by atoms with Gasteiger partial charge in [-0.1, -0.05) is 6.42 Å². The van der Waals surface area contributed by atoms with Crippen molar-refractivity contribution in [3.8, 4) is 0 Å². The van der Waals surface area contributed by atoms with Crippen molar-refractivity contribution in [3.05, 3.63) is 0 Å². The average Bonchev–Trinajstić information content (AvgIpc) is 3.01. The van der Waals surface area contributed by atoms with Crippen LogP contribution in [-0.2, 0) is 0 Å². The number of aliphatic hydroxyl groups excluding tert-OH is 1. The van der Waals surface area contributed by atoms with Crippen molar-refractivity contribution in [2.45, 2.75) is 69.0 Å². The van der Waals surface area contributed by atoms with E-state index in [2.05, 4.69) is 17.3 Å². The summed E-state index contributed by atoms with van der Waals surface area (Å²) in [6, 6.07) is 1.39. The highest BCUT2D eigenvalue weighted by atomic mass is 16.3. The number of nitrogens with one attached hydrogen (secondary N) is 1. The van der Waals surface area contributed by atoms with Gasteiger partial charge in [-0.3, -0.25) is 0 Å². The zero-order valence-electron chi connectivity index (χ0n) is 11.7. The molecule has 0 heterocycles. The Balaban J connectivity index is 1.51. The quantitative estimate of drug-likeness (QED) is 0.756. The largest absolute Gasteiger partial charge is 0.394 e. The molecule has 0 spiro atoms. The fourth-order valence-corrected chi connectivity index (χ4v) is 3.69. The highest BCUT2D eigenvalue weighted by Crippen LogP contribution is 2.37. The molecule has 0 amide bonds. The molecule has 0 aliphatic heterocycles. The first kappa shape index (κ1) is 12.9. The lowest BCUT2D eigenvalue weighted by molar-refractivity contribution is 0.132. The van der Waals surface area contributed by atoms with Crippen molar-refractivity contribution in [2.75, 3.05) is 20.2 Å². The van der Waals surface area contributed by atoms with Gasteiger partial charge in [0.05, 0.1) is 6.61 Å². The van der Waals surface area contributed by atoms with Crippen LogP contribution in [0.4, 0.5) is 0 Å². The summed E-state index contributed by atoms with van der Waals surface area (Å²) in [7, 11) is 2.29. The van der Waals surface area contributed by atoms with E-state index in [1.54, 1.807) is 0 Å². The summed E-state index contributed by atoms with van der Waals surface area (Å²) in [4.78, 5) is 2.57. The standard InChI is InChI=1S/C15H28N2O/c1-17(10-12-3-2-4-12)14-7-8-15(9-14,11-18)16-13-5-6-13/h12-14,16,18H,2-11H2,1H3. The minimum Gasteiger partial charge on any atom is -0.394 e.